The summed E-state index contributed by atoms with van der Waals surface area (Å²) in [4.78, 5) is 40.4. The largest absolute Gasteiger partial charge is 0.365 e. The molecule has 0 saturated carbocycles. The summed E-state index contributed by atoms with van der Waals surface area (Å²) in [6.07, 6.45) is 4.65. The Morgan fingerprint density at radius 2 is 1.97 bits per heavy atom. The van der Waals surface area contributed by atoms with E-state index in [1.165, 1.54) is 6.20 Å². The predicted molar refractivity (Wildman–Crippen MR) is 122 cm³/mol. The van der Waals surface area contributed by atoms with E-state index in [0.29, 0.717) is 36.6 Å². The molecule has 1 atom stereocenters. The number of para-hydroxylation sites is 2. The number of rotatable bonds is 6. The minimum Gasteiger partial charge on any atom is -0.365 e. The molecule has 1 aromatic carbocycles. The highest BCUT2D eigenvalue weighted by Gasteiger charge is 2.30. The van der Waals surface area contributed by atoms with Crippen molar-refractivity contribution in [3.63, 3.8) is 0 Å². The third-order valence-electron chi connectivity index (χ3n) is 6.13. The maximum absolute atomic E-state index is 13.3. The first-order chi connectivity index (χ1) is 15.4. The molecule has 4 rings (SSSR count). The lowest BCUT2D eigenvalue weighted by molar-refractivity contribution is -0.135. The maximum atomic E-state index is 13.3. The van der Waals surface area contributed by atoms with Gasteiger partial charge in [-0.15, -0.1) is 0 Å². The molecule has 3 aromatic rings. The van der Waals surface area contributed by atoms with Crippen molar-refractivity contribution >= 4 is 22.8 Å². The quantitative estimate of drug-likeness (QED) is 0.639. The normalized spacial score (nSPS) is 16.6. The Kier molecular flexibility index (Phi) is 6.21. The van der Waals surface area contributed by atoms with Crippen LogP contribution in [-0.4, -0.2) is 42.8 Å². The highest BCUT2D eigenvalue weighted by atomic mass is 16.2. The molecule has 2 amide bonds. The average Bonchev–Trinajstić information content (AvgIpc) is 3.16. The third kappa shape index (κ3) is 4.22. The number of nitrogens with two attached hydrogens (primary N) is 1. The number of carbonyl (C=O) groups excluding carboxylic acids is 2. The summed E-state index contributed by atoms with van der Waals surface area (Å²) < 4.78 is 2.17. The van der Waals surface area contributed by atoms with Gasteiger partial charge in [0.1, 0.15) is 5.82 Å². The summed E-state index contributed by atoms with van der Waals surface area (Å²) in [5.41, 5.74) is 8.26. The molecule has 1 aliphatic heterocycles. The first-order valence-corrected chi connectivity index (χ1v) is 11.2. The number of aryl methyl sites for hydroxylation is 2. The van der Waals surface area contributed by atoms with Gasteiger partial charge in [0.2, 0.25) is 5.91 Å². The number of amides is 2. The van der Waals surface area contributed by atoms with Gasteiger partial charge in [-0.3, -0.25) is 9.59 Å². The average molecular weight is 435 g/mol. The number of hydrogen-bond acceptors (Lipinski definition) is 5. The minimum atomic E-state index is -0.542. The fraction of sp³-hybridized carbons (Fsp3) is 0.458. The lowest BCUT2D eigenvalue weighted by Gasteiger charge is -2.35. The zero-order valence-electron chi connectivity index (χ0n) is 18.9. The summed E-state index contributed by atoms with van der Waals surface area (Å²) in [6.45, 7) is 7.25. The van der Waals surface area contributed by atoms with Gasteiger partial charge < -0.3 is 15.2 Å². The SMILES string of the molecule is Cc1nc([C@H]2CCCCN2C(=O)CCn2c(C(C)C)nc3ccccc32)ncc1C(N)=O. The van der Waals surface area contributed by atoms with Gasteiger partial charge in [0, 0.05) is 31.6 Å². The first kappa shape index (κ1) is 21.9. The molecule has 32 heavy (non-hydrogen) atoms. The summed E-state index contributed by atoms with van der Waals surface area (Å²) >= 11 is 0. The molecule has 2 N–H and O–H groups in total. The summed E-state index contributed by atoms with van der Waals surface area (Å²) in [5.74, 6) is 1.38. The Balaban J connectivity index is 1.55. The molecule has 0 spiro atoms. The number of hydrogen-bond donors (Lipinski definition) is 1. The van der Waals surface area contributed by atoms with Crippen LogP contribution in [0.1, 0.15) is 79.2 Å². The lowest BCUT2D eigenvalue weighted by atomic mass is 10.0. The van der Waals surface area contributed by atoms with Gasteiger partial charge in [0.15, 0.2) is 5.82 Å². The van der Waals surface area contributed by atoms with Crippen LogP contribution >= 0.6 is 0 Å². The van der Waals surface area contributed by atoms with Crippen LogP contribution in [0.3, 0.4) is 0 Å². The van der Waals surface area contributed by atoms with Crippen LogP contribution in [0.5, 0.6) is 0 Å². The third-order valence-corrected chi connectivity index (χ3v) is 6.13. The first-order valence-electron chi connectivity index (χ1n) is 11.2. The summed E-state index contributed by atoms with van der Waals surface area (Å²) in [5, 5.41) is 0. The van der Waals surface area contributed by atoms with Crippen LogP contribution < -0.4 is 5.73 Å². The van der Waals surface area contributed by atoms with E-state index in [2.05, 4.69) is 34.4 Å². The minimum absolute atomic E-state index is 0.0856. The van der Waals surface area contributed by atoms with E-state index in [1.54, 1.807) is 6.92 Å². The van der Waals surface area contributed by atoms with E-state index in [0.717, 1.165) is 36.1 Å². The molecule has 0 bridgehead atoms. The zero-order chi connectivity index (χ0) is 22.8. The van der Waals surface area contributed by atoms with E-state index in [-0.39, 0.29) is 17.9 Å². The van der Waals surface area contributed by atoms with Crippen LogP contribution in [0.4, 0.5) is 0 Å². The number of carbonyl (C=O) groups is 2. The Morgan fingerprint density at radius 3 is 2.69 bits per heavy atom. The van der Waals surface area contributed by atoms with Crippen LogP contribution in [0.25, 0.3) is 11.0 Å². The van der Waals surface area contributed by atoms with E-state index in [9.17, 15) is 9.59 Å². The van der Waals surface area contributed by atoms with Crippen molar-refractivity contribution in [1.29, 1.82) is 0 Å². The molecule has 1 aliphatic rings. The molecule has 0 aliphatic carbocycles. The fourth-order valence-corrected chi connectivity index (χ4v) is 4.51. The number of imidazole rings is 1. The number of nitrogens with zero attached hydrogens (tertiary/aromatic N) is 5. The Labute approximate surface area is 187 Å². The van der Waals surface area contributed by atoms with Crippen molar-refractivity contribution in [2.24, 2.45) is 5.73 Å². The molecule has 3 heterocycles. The molecule has 8 heteroatoms. The van der Waals surface area contributed by atoms with Crippen LogP contribution in [0.2, 0.25) is 0 Å². The molecule has 8 nitrogen and oxygen atoms in total. The van der Waals surface area contributed by atoms with Gasteiger partial charge in [-0.05, 0) is 38.3 Å². The zero-order valence-corrected chi connectivity index (χ0v) is 18.9. The van der Waals surface area contributed by atoms with Crippen LogP contribution in [0.15, 0.2) is 30.5 Å². The maximum Gasteiger partial charge on any atom is 0.252 e. The van der Waals surface area contributed by atoms with Crippen molar-refractivity contribution in [2.45, 2.75) is 65.0 Å². The Hall–Kier alpha value is -3.29. The molecular weight excluding hydrogens is 404 g/mol. The van der Waals surface area contributed by atoms with Gasteiger partial charge in [-0.2, -0.15) is 0 Å². The number of aromatic nitrogens is 4. The molecule has 0 radical (unpaired) electrons. The van der Waals surface area contributed by atoms with Crippen molar-refractivity contribution in [2.75, 3.05) is 6.54 Å². The van der Waals surface area contributed by atoms with Gasteiger partial charge in [0.25, 0.3) is 5.91 Å². The lowest BCUT2D eigenvalue weighted by Crippen LogP contribution is -2.39. The molecule has 168 valence electrons. The second kappa shape index (κ2) is 9.06. The highest BCUT2D eigenvalue weighted by Crippen LogP contribution is 2.30. The molecule has 1 fully saturated rings. The second-order valence-corrected chi connectivity index (χ2v) is 8.71. The number of benzene rings is 1. The Bertz CT molecular complexity index is 1150. The summed E-state index contributed by atoms with van der Waals surface area (Å²) in [6, 6.07) is 7.87. The molecule has 2 aromatic heterocycles. The van der Waals surface area contributed by atoms with E-state index in [4.69, 9.17) is 10.7 Å². The van der Waals surface area contributed by atoms with Gasteiger partial charge in [-0.1, -0.05) is 26.0 Å². The van der Waals surface area contributed by atoms with Gasteiger partial charge in [0.05, 0.1) is 28.3 Å². The van der Waals surface area contributed by atoms with Crippen molar-refractivity contribution in [3.8, 4) is 0 Å². The number of likely N-dealkylation sites (tertiary alicyclic amines) is 1. The van der Waals surface area contributed by atoms with Crippen molar-refractivity contribution in [3.05, 3.63) is 53.4 Å². The van der Waals surface area contributed by atoms with Crippen molar-refractivity contribution in [1.82, 2.24) is 24.4 Å². The number of piperidine rings is 1. The van der Waals surface area contributed by atoms with Crippen LogP contribution in [0, 0.1) is 6.92 Å². The molecular formula is C24H30N6O2. The van der Waals surface area contributed by atoms with E-state index < -0.39 is 5.91 Å². The van der Waals surface area contributed by atoms with Gasteiger partial charge >= 0.3 is 0 Å². The second-order valence-electron chi connectivity index (χ2n) is 8.71. The van der Waals surface area contributed by atoms with Gasteiger partial charge in [-0.25, -0.2) is 15.0 Å². The standard InChI is InChI=1S/C24H30N6O2/c1-15(2)24-28-18-8-4-5-9-19(18)30(24)13-11-21(31)29-12-7-6-10-20(29)23-26-14-17(22(25)32)16(3)27-23/h4-5,8-9,14-15,20H,6-7,10-13H2,1-3H3,(H2,25,32)/t20-/m1/s1. The number of fused-ring (bicyclic) bond motifs is 1. The van der Waals surface area contributed by atoms with E-state index >= 15 is 0 Å². The highest BCUT2D eigenvalue weighted by molar-refractivity contribution is 5.93. The molecule has 0 unspecified atom stereocenters. The Morgan fingerprint density at radius 1 is 1.19 bits per heavy atom. The van der Waals surface area contributed by atoms with E-state index in [1.807, 2.05) is 23.1 Å². The summed E-state index contributed by atoms with van der Waals surface area (Å²) in [7, 11) is 0. The van der Waals surface area contributed by atoms with Crippen LogP contribution in [-0.2, 0) is 11.3 Å². The fourth-order valence-electron chi connectivity index (χ4n) is 4.51. The smallest absolute Gasteiger partial charge is 0.252 e. The topological polar surface area (TPSA) is 107 Å². The van der Waals surface area contributed by atoms with Crippen molar-refractivity contribution < 1.29 is 9.59 Å². The molecule has 1 saturated heterocycles. The monoisotopic (exact) mass is 434 g/mol. The number of primary amides is 1. The predicted octanol–water partition coefficient (Wildman–Crippen LogP) is 3.50.